The average molecular weight is 917 g/mol. The summed E-state index contributed by atoms with van der Waals surface area (Å²) in [6.07, 6.45) is 5.74. The van der Waals surface area contributed by atoms with E-state index in [9.17, 15) is 29.1 Å². The number of rotatable bonds is 10. The van der Waals surface area contributed by atoms with E-state index in [0.717, 1.165) is 49.4 Å². The fourth-order valence-electron chi connectivity index (χ4n) is 10.6. The number of nitrogens with zero attached hydrogens (tertiary/aromatic N) is 7. The highest BCUT2D eigenvalue weighted by Crippen LogP contribution is 2.45. The van der Waals surface area contributed by atoms with E-state index in [2.05, 4.69) is 30.8 Å². The fraction of sp³-hybridized carbons (Fsp3) is 0.383. The number of benzene rings is 3. The molecule has 0 bridgehead atoms. The standard InChI is InChI=1S/C47H46F2N10O6S/c48-33-19-28(18-31-32(33)21-59(43(31)63)40(42(62)54-45-50-13-17-66-45)39-37-2-1-14-56(37)26-51-39)27-3-6-30(7-4-27)57-22-46(23-57)24-58(25-46)44(64)47(65)11-15-55(16-12-47)36-9-5-29(20-34(36)49)52-35-8-10-38(60)53-41(35)61/h3-7,9,13,17-20,26,35,40,52,65H,1-2,8,10-12,14-16,21-25H2,(H,50,54,62)(H,53,60,61). The number of carbonyl (C=O) groups excluding carboxylic acids is 5. The molecule has 0 radical (unpaired) electrons. The normalized spacial score (nSPS) is 21.0. The Morgan fingerprint density at radius 2 is 1.68 bits per heavy atom. The lowest BCUT2D eigenvalue weighted by Crippen LogP contribution is -2.75. The lowest BCUT2D eigenvalue weighted by molar-refractivity contribution is -0.167. The molecular weight excluding hydrogens is 871 g/mol. The number of imide groups is 1. The Balaban J connectivity index is 0.692. The SMILES string of the molecule is O=C1CCC(Nc2ccc(N3CCC(O)(C(=O)N4CC5(C4)CN(c4ccc(-c6cc(F)c7c(c6)C(=O)N(C(C(=O)Nc6nccs6)c6ncn8c6CCC8)C7)cc4)C5)CC3)c(F)c2)C(=O)N1. The highest BCUT2D eigenvalue weighted by molar-refractivity contribution is 7.13. The first-order valence-corrected chi connectivity index (χ1v) is 23.1. The summed E-state index contributed by atoms with van der Waals surface area (Å²) in [6, 6.07) is 13.7. The molecule has 0 saturated carbocycles. The molecule has 2 unspecified atom stereocenters. The molecule has 2 atom stereocenters. The van der Waals surface area contributed by atoms with Crippen LogP contribution in [0.2, 0.25) is 0 Å². The molecule has 5 amide bonds. The Hall–Kier alpha value is -6.73. The second kappa shape index (κ2) is 16.0. The van der Waals surface area contributed by atoms with Gasteiger partial charge in [0, 0.05) is 110 Å². The van der Waals surface area contributed by atoms with Gasteiger partial charge in [0.05, 0.1) is 24.3 Å². The molecule has 1 spiro atoms. The zero-order valence-electron chi connectivity index (χ0n) is 35.8. The number of hydrogen-bond acceptors (Lipinski definition) is 12. The summed E-state index contributed by atoms with van der Waals surface area (Å²) in [5.41, 5.74) is 3.21. The lowest BCUT2D eigenvalue weighted by atomic mass is 9.71. The van der Waals surface area contributed by atoms with Crippen LogP contribution in [0.25, 0.3) is 11.1 Å². The van der Waals surface area contributed by atoms with Crippen molar-refractivity contribution in [1.82, 2.24) is 29.7 Å². The van der Waals surface area contributed by atoms with Crippen LogP contribution >= 0.6 is 11.3 Å². The van der Waals surface area contributed by atoms with Crippen LogP contribution in [-0.2, 0) is 38.7 Å². The van der Waals surface area contributed by atoms with Crippen molar-refractivity contribution in [3.63, 3.8) is 0 Å². The maximum atomic E-state index is 15.9. The zero-order chi connectivity index (χ0) is 45.5. The monoisotopic (exact) mass is 916 g/mol. The summed E-state index contributed by atoms with van der Waals surface area (Å²) in [5.74, 6) is -2.99. The van der Waals surface area contributed by atoms with Crippen molar-refractivity contribution in [2.75, 3.05) is 59.7 Å². The number of aryl methyl sites for hydroxylation is 1. The van der Waals surface area contributed by atoms with Gasteiger partial charge in [0.2, 0.25) is 11.8 Å². The Kier molecular flexibility index (Phi) is 10.2. The van der Waals surface area contributed by atoms with E-state index in [1.54, 1.807) is 41.0 Å². The third-order valence-corrected chi connectivity index (χ3v) is 14.8. The predicted octanol–water partition coefficient (Wildman–Crippen LogP) is 4.46. The quantitative estimate of drug-likeness (QED) is 0.145. The van der Waals surface area contributed by atoms with Gasteiger partial charge in [0.1, 0.15) is 23.3 Å². The molecule has 66 heavy (non-hydrogen) atoms. The summed E-state index contributed by atoms with van der Waals surface area (Å²) in [7, 11) is 0. The third-order valence-electron chi connectivity index (χ3n) is 14.1. The van der Waals surface area contributed by atoms with Gasteiger partial charge in [-0.15, -0.1) is 11.3 Å². The molecule has 3 aromatic carbocycles. The van der Waals surface area contributed by atoms with Crippen molar-refractivity contribution in [2.24, 2.45) is 5.41 Å². The summed E-state index contributed by atoms with van der Waals surface area (Å²) in [4.78, 5) is 81.1. The molecule has 5 aromatic rings. The minimum Gasteiger partial charge on any atom is -0.380 e. The van der Waals surface area contributed by atoms with Crippen LogP contribution in [0, 0.1) is 17.0 Å². The van der Waals surface area contributed by atoms with Crippen molar-refractivity contribution in [2.45, 2.75) is 69.3 Å². The maximum Gasteiger partial charge on any atom is 0.255 e. The van der Waals surface area contributed by atoms with Crippen molar-refractivity contribution < 1.29 is 37.9 Å². The molecular formula is C47H46F2N10O6S. The molecule has 6 aliphatic heterocycles. The number of fused-ring (bicyclic) bond motifs is 2. The van der Waals surface area contributed by atoms with Crippen molar-refractivity contribution >= 4 is 63.1 Å². The van der Waals surface area contributed by atoms with Gasteiger partial charge >= 0.3 is 0 Å². The Labute approximate surface area is 381 Å². The molecule has 340 valence electrons. The number of aliphatic hydroxyl groups is 1. The van der Waals surface area contributed by atoms with Gasteiger partial charge in [-0.3, -0.25) is 34.6 Å². The van der Waals surface area contributed by atoms with E-state index in [1.165, 1.54) is 28.4 Å². The van der Waals surface area contributed by atoms with Gasteiger partial charge in [0.25, 0.3) is 17.7 Å². The van der Waals surface area contributed by atoms with Crippen LogP contribution in [-0.4, -0.2) is 110 Å². The van der Waals surface area contributed by atoms with Gasteiger partial charge in [-0.05, 0) is 72.9 Å². The Morgan fingerprint density at radius 1 is 0.894 bits per heavy atom. The van der Waals surface area contributed by atoms with Crippen LogP contribution in [0.15, 0.2) is 72.5 Å². The van der Waals surface area contributed by atoms with E-state index in [4.69, 9.17) is 0 Å². The summed E-state index contributed by atoms with van der Waals surface area (Å²) < 4.78 is 33.2. The molecule has 19 heteroatoms. The minimum atomic E-state index is -1.54. The van der Waals surface area contributed by atoms with Crippen LogP contribution in [0.4, 0.5) is 31.0 Å². The van der Waals surface area contributed by atoms with E-state index in [-0.39, 0.29) is 67.3 Å². The number of amides is 5. The Bertz CT molecular complexity index is 2800. The first kappa shape index (κ1) is 41.9. The number of piperidine rings is 2. The van der Waals surface area contributed by atoms with Gasteiger partial charge in [-0.2, -0.15) is 0 Å². The van der Waals surface area contributed by atoms with Crippen LogP contribution in [0.3, 0.4) is 0 Å². The predicted molar refractivity (Wildman–Crippen MR) is 240 cm³/mol. The number of aromatic nitrogens is 3. The molecule has 11 rings (SSSR count). The van der Waals surface area contributed by atoms with Crippen molar-refractivity contribution in [1.29, 1.82) is 0 Å². The van der Waals surface area contributed by atoms with E-state index >= 15 is 8.78 Å². The molecule has 4 saturated heterocycles. The number of nitrogens with one attached hydrogen (secondary N) is 3. The first-order valence-electron chi connectivity index (χ1n) is 22.2. The number of imidazole rings is 1. The lowest BCUT2D eigenvalue weighted by Gasteiger charge is -2.61. The summed E-state index contributed by atoms with van der Waals surface area (Å²) >= 11 is 1.27. The maximum absolute atomic E-state index is 15.9. The van der Waals surface area contributed by atoms with Gasteiger partial charge in [0.15, 0.2) is 11.2 Å². The number of carbonyl (C=O) groups is 5. The molecule has 8 heterocycles. The highest BCUT2D eigenvalue weighted by Gasteiger charge is 2.56. The molecule has 4 N–H and O–H groups in total. The number of likely N-dealkylation sites (tertiary alicyclic amines) is 1. The van der Waals surface area contributed by atoms with E-state index in [1.807, 2.05) is 33.7 Å². The number of hydrogen-bond donors (Lipinski definition) is 4. The first-order chi connectivity index (χ1) is 31.8. The number of halogens is 2. The van der Waals surface area contributed by atoms with Crippen LogP contribution < -0.4 is 25.8 Å². The fourth-order valence-corrected chi connectivity index (χ4v) is 11.1. The molecule has 16 nitrogen and oxygen atoms in total. The van der Waals surface area contributed by atoms with Crippen LogP contribution in [0.1, 0.15) is 65.5 Å². The summed E-state index contributed by atoms with van der Waals surface area (Å²) in [6.45, 7) is 3.78. The van der Waals surface area contributed by atoms with Gasteiger partial charge in [-0.1, -0.05) is 12.1 Å². The topological polar surface area (TPSA) is 185 Å². The second-order valence-corrected chi connectivity index (χ2v) is 19.3. The largest absolute Gasteiger partial charge is 0.380 e. The smallest absolute Gasteiger partial charge is 0.255 e. The minimum absolute atomic E-state index is 0.0777. The van der Waals surface area contributed by atoms with E-state index in [0.29, 0.717) is 47.3 Å². The average Bonchev–Trinajstić information content (AvgIpc) is 4.10. The molecule has 2 aromatic heterocycles. The van der Waals surface area contributed by atoms with Gasteiger partial charge < -0.3 is 34.6 Å². The van der Waals surface area contributed by atoms with Gasteiger partial charge in [-0.25, -0.2) is 18.7 Å². The third kappa shape index (κ3) is 7.33. The van der Waals surface area contributed by atoms with Crippen molar-refractivity contribution in [3.05, 3.63) is 107 Å². The molecule has 4 fully saturated rings. The highest BCUT2D eigenvalue weighted by atomic mass is 32.1. The molecule has 6 aliphatic rings. The second-order valence-electron chi connectivity index (χ2n) is 18.4. The van der Waals surface area contributed by atoms with E-state index < -0.39 is 47.0 Å². The number of anilines is 4. The Morgan fingerprint density at radius 3 is 2.41 bits per heavy atom. The van der Waals surface area contributed by atoms with Crippen molar-refractivity contribution in [3.8, 4) is 11.1 Å². The zero-order valence-corrected chi connectivity index (χ0v) is 36.6. The van der Waals surface area contributed by atoms with Crippen LogP contribution in [0.5, 0.6) is 0 Å². The number of thiazole rings is 1. The summed E-state index contributed by atoms with van der Waals surface area (Å²) in [5, 5.41) is 21.7. The molecule has 0 aliphatic carbocycles.